The van der Waals surface area contributed by atoms with Crippen molar-refractivity contribution in [1.29, 1.82) is 0 Å². The van der Waals surface area contributed by atoms with Gasteiger partial charge in [0, 0.05) is 0 Å². The van der Waals surface area contributed by atoms with Crippen LogP contribution in [0.5, 0.6) is 5.75 Å². The highest BCUT2D eigenvalue weighted by Crippen LogP contribution is 2.31. The highest BCUT2D eigenvalue weighted by Gasteiger charge is 2.21. The molecule has 2 aromatic rings. The van der Waals surface area contributed by atoms with Gasteiger partial charge in [-0.3, -0.25) is 0 Å². The third-order valence-corrected chi connectivity index (χ3v) is 2.43. The Morgan fingerprint density at radius 2 is 1.24 bits per heavy atom. The summed E-state index contributed by atoms with van der Waals surface area (Å²) in [4.78, 5) is 0. The van der Waals surface area contributed by atoms with Gasteiger partial charge in [0.1, 0.15) is 5.75 Å². The minimum absolute atomic E-state index is 0.518. The smallest absolute Gasteiger partial charge is 0.338 e. The lowest BCUT2D eigenvalue weighted by atomic mass is 10.1. The zero-order valence-electron chi connectivity index (χ0n) is 8.74. The molecule has 0 bridgehead atoms. The van der Waals surface area contributed by atoms with Crippen LogP contribution in [-0.4, -0.2) is 3.98 Å². The minimum Gasteiger partial charge on any atom is -0.446 e. The van der Waals surface area contributed by atoms with E-state index in [4.69, 9.17) is 39.5 Å². The van der Waals surface area contributed by atoms with Crippen LogP contribution in [0.4, 0.5) is 0 Å². The van der Waals surface area contributed by atoms with Gasteiger partial charge in [-0.1, -0.05) is 42.5 Å². The summed E-state index contributed by atoms with van der Waals surface area (Å²) in [5.74, 6) is 0.518. The predicted molar refractivity (Wildman–Crippen MR) is 72.8 cm³/mol. The number of hydrogen-bond acceptors (Lipinski definition) is 1. The van der Waals surface area contributed by atoms with Crippen LogP contribution in [0, 0.1) is 0 Å². The topological polar surface area (TPSA) is 9.23 Å². The lowest BCUT2D eigenvalue weighted by Crippen LogP contribution is -2.12. The third-order valence-electron chi connectivity index (χ3n) is 2.20. The van der Waals surface area contributed by atoms with Gasteiger partial charge < -0.3 is 4.74 Å². The minimum atomic E-state index is -1.73. The van der Waals surface area contributed by atoms with Crippen molar-refractivity contribution < 1.29 is 4.74 Å². The molecule has 2 aromatic carbocycles. The molecular weight excluding hydrogens is 279 g/mol. The molecule has 1 nitrogen and oxygen atoms in total. The molecule has 0 fully saturated rings. The maximum atomic E-state index is 5.53. The van der Waals surface area contributed by atoms with Gasteiger partial charge >= 0.3 is 3.98 Å². The molecule has 0 amide bonds. The van der Waals surface area contributed by atoms with E-state index < -0.39 is 3.98 Å². The van der Waals surface area contributed by atoms with Crippen LogP contribution in [0.3, 0.4) is 0 Å². The first-order chi connectivity index (χ1) is 8.04. The summed E-state index contributed by atoms with van der Waals surface area (Å²) < 4.78 is 3.36. The largest absolute Gasteiger partial charge is 0.446 e. The molecule has 88 valence electrons. The van der Waals surface area contributed by atoms with E-state index in [0.717, 1.165) is 11.1 Å². The van der Waals surface area contributed by atoms with Crippen molar-refractivity contribution in [3.63, 3.8) is 0 Å². The van der Waals surface area contributed by atoms with Gasteiger partial charge in [0.05, 0.1) is 0 Å². The zero-order chi connectivity index (χ0) is 12.3. The van der Waals surface area contributed by atoms with Crippen molar-refractivity contribution in [3.05, 3.63) is 54.6 Å². The van der Waals surface area contributed by atoms with Gasteiger partial charge in [-0.15, -0.1) is 0 Å². The molecule has 17 heavy (non-hydrogen) atoms. The lowest BCUT2D eigenvalue weighted by molar-refractivity contribution is 0.320. The maximum absolute atomic E-state index is 5.53. The van der Waals surface area contributed by atoms with Crippen LogP contribution >= 0.6 is 34.8 Å². The molecule has 0 atom stereocenters. The monoisotopic (exact) mass is 286 g/mol. The molecule has 0 aliphatic rings. The Morgan fingerprint density at radius 1 is 0.706 bits per heavy atom. The Bertz CT molecular complexity index is 474. The second-order valence-electron chi connectivity index (χ2n) is 3.44. The molecule has 0 aromatic heterocycles. The average molecular weight is 288 g/mol. The first-order valence-corrected chi connectivity index (χ1v) is 6.09. The maximum Gasteiger partial charge on any atom is 0.338 e. The van der Waals surface area contributed by atoms with E-state index in [2.05, 4.69) is 0 Å². The van der Waals surface area contributed by atoms with Crippen molar-refractivity contribution in [2.45, 2.75) is 3.98 Å². The summed E-state index contributed by atoms with van der Waals surface area (Å²) in [5, 5.41) is 0. The van der Waals surface area contributed by atoms with Gasteiger partial charge in [-0.2, -0.15) is 0 Å². The van der Waals surface area contributed by atoms with Gasteiger partial charge in [0.25, 0.3) is 0 Å². The lowest BCUT2D eigenvalue weighted by Gasteiger charge is -2.13. The van der Waals surface area contributed by atoms with Crippen LogP contribution in [0.15, 0.2) is 54.6 Å². The Labute approximate surface area is 115 Å². The fourth-order valence-electron chi connectivity index (χ4n) is 1.48. The molecule has 4 heteroatoms. The van der Waals surface area contributed by atoms with E-state index in [9.17, 15) is 0 Å². The second-order valence-corrected chi connectivity index (χ2v) is 5.62. The summed E-state index contributed by atoms with van der Waals surface area (Å²) in [6.45, 7) is 0. The molecule has 0 saturated heterocycles. The Kier molecular flexibility index (Phi) is 3.82. The third kappa shape index (κ3) is 3.81. The molecule has 0 N–H and O–H groups in total. The van der Waals surface area contributed by atoms with Crippen LogP contribution < -0.4 is 4.74 Å². The van der Waals surface area contributed by atoms with Crippen molar-refractivity contribution in [2.24, 2.45) is 0 Å². The highest BCUT2D eigenvalue weighted by molar-refractivity contribution is 6.66. The summed E-state index contributed by atoms with van der Waals surface area (Å²) in [6.07, 6.45) is 0. The van der Waals surface area contributed by atoms with E-state index >= 15 is 0 Å². The van der Waals surface area contributed by atoms with Crippen molar-refractivity contribution in [1.82, 2.24) is 0 Å². The van der Waals surface area contributed by atoms with Crippen molar-refractivity contribution >= 4 is 34.8 Å². The van der Waals surface area contributed by atoms with E-state index in [-0.39, 0.29) is 0 Å². The SMILES string of the molecule is ClC(Cl)(Cl)Oc1ccc(-c2ccccc2)cc1. The number of alkyl halides is 3. The summed E-state index contributed by atoms with van der Waals surface area (Å²) in [5.41, 5.74) is 2.22. The summed E-state index contributed by atoms with van der Waals surface area (Å²) in [6, 6.07) is 17.4. The Balaban J connectivity index is 2.19. The van der Waals surface area contributed by atoms with E-state index in [1.54, 1.807) is 12.1 Å². The second kappa shape index (κ2) is 5.18. The van der Waals surface area contributed by atoms with Crippen molar-refractivity contribution in [3.8, 4) is 16.9 Å². The van der Waals surface area contributed by atoms with E-state index in [1.807, 2.05) is 42.5 Å². The Morgan fingerprint density at radius 3 is 1.76 bits per heavy atom. The van der Waals surface area contributed by atoms with Crippen LogP contribution in [0.25, 0.3) is 11.1 Å². The molecule has 0 saturated carbocycles. The Hall–Kier alpha value is -0.890. The van der Waals surface area contributed by atoms with Gasteiger partial charge in [0.2, 0.25) is 0 Å². The summed E-state index contributed by atoms with van der Waals surface area (Å²) in [7, 11) is 0. The quantitative estimate of drug-likeness (QED) is 0.702. The fraction of sp³-hybridized carbons (Fsp3) is 0.0769. The zero-order valence-corrected chi connectivity index (χ0v) is 11.0. The fourth-order valence-corrected chi connectivity index (χ4v) is 1.75. The normalized spacial score (nSPS) is 11.2. The van der Waals surface area contributed by atoms with Crippen LogP contribution in [0.2, 0.25) is 0 Å². The first kappa shape index (κ1) is 12.6. The standard InChI is InChI=1S/C13H9Cl3O/c14-13(15,16)17-12-8-6-11(7-9-12)10-4-2-1-3-5-10/h1-9H. The molecule has 2 rings (SSSR count). The average Bonchev–Trinajstić information content (AvgIpc) is 2.29. The van der Waals surface area contributed by atoms with Crippen LogP contribution in [-0.2, 0) is 0 Å². The molecule has 0 aliphatic heterocycles. The molecular formula is C13H9Cl3O. The number of hydrogen-bond donors (Lipinski definition) is 0. The van der Waals surface area contributed by atoms with Crippen molar-refractivity contribution in [2.75, 3.05) is 0 Å². The molecule has 0 aliphatic carbocycles. The molecule has 0 heterocycles. The number of halogens is 3. The molecule has 0 unspecified atom stereocenters. The predicted octanol–water partition coefficient (Wildman–Crippen LogP) is 5.06. The highest BCUT2D eigenvalue weighted by atomic mass is 35.6. The van der Waals surface area contributed by atoms with Gasteiger partial charge in [0.15, 0.2) is 0 Å². The molecule has 0 spiro atoms. The van der Waals surface area contributed by atoms with Gasteiger partial charge in [-0.25, -0.2) is 0 Å². The first-order valence-electron chi connectivity index (χ1n) is 4.96. The number of benzene rings is 2. The van der Waals surface area contributed by atoms with Crippen LogP contribution in [0.1, 0.15) is 0 Å². The molecule has 0 radical (unpaired) electrons. The van der Waals surface area contributed by atoms with E-state index in [0.29, 0.717) is 5.75 Å². The number of ether oxygens (including phenoxy) is 1. The van der Waals surface area contributed by atoms with E-state index in [1.165, 1.54) is 0 Å². The number of rotatable bonds is 2. The van der Waals surface area contributed by atoms with Gasteiger partial charge in [-0.05, 0) is 58.1 Å². The summed E-state index contributed by atoms with van der Waals surface area (Å²) >= 11 is 16.6.